The lowest BCUT2D eigenvalue weighted by molar-refractivity contribution is 0.232. The van der Waals surface area contributed by atoms with E-state index in [-0.39, 0.29) is 24.4 Å². The van der Waals surface area contributed by atoms with Gasteiger partial charge in [0.15, 0.2) is 4.90 Å². The van der Waals surface area contributed by atoms with E-state index in [0.29, 0.717) is 29.8 Å². The minimum atomic E-state index is -1.09. The van der Waals surface area contributed by atoms with Gasteiger partial charge in [0.05, 0.1) is 6.61 Å². The molecule has 3 aromatic rings. The summed E-state index contributed by atoms with van der Waals surface area (Å²) in [5, 5.41) is 14.2. The molecule has 174 valence electrons. The van der Waals surface area contributed by atoms with Crippen LogP contribution in [-0.2, 0) is 17.6 Å². The molecule has 1 N–H and O–H groups in total. The van der Waals surface area contributed by atoms with Crippen LogP contribution in [0.3, 0.4) is 0 Å². The van der Waals surface area contributed by atoms with Crippen molar-refractivity contribution in [3.05, 3.63) is 41.8 Å². The van der Waals surface area contributed by atoms with Crippen molar-refractivity contribution in [2.45, 2.75) is 49.8 Å². The zero-order valence-electron chi connectivity index (χ0n) is 18.8. The van der Waals surface area contributed by atoms with Gasteiger partial charge in [0.2, 0.25) is 17.7 Å². The molecule has 1 fully saturated rings. The average molecular weight is 469 g/mol. The predicted molar refractivity (Wildman–Crippen MR) is 123 cm³/mol. The summed E-state index contributed by atoms with van der Waals surface area (Å²) < 4.78 is 18.2. The van der Waals surface area contributed by atoms with Gasteiger partial charge in [0, 0.05) is 49.3 Å². The number of rotatable bonds is 6. The van der Waals surface area contributed by atoms with Crippen molar-refractivity contribution in [1.29, 1.82) is 0 Å². The molecule has 1 unspecified atom stereocenters. The van der Waals surface area contributed by atoms with Crippen molar-refractivity contribution in [1.82, 2.24) is 25.1 Å². The smallest absolute Gasteiger partial charge is 0.230 e. The number of anilines is 1. The van der Waals surface area contributed by atoms with Gasteiger partial charge in [-0.15, -0.1) is 0 Å². The third kappa shape index (κ3) is 4.34. The molecule has 0 saturated carbocycles. The minimum absolute atomic E-state index is 0.0171. The van der Waals surface area contributed by atoms with Crippen LogP contribution >= 0.6 is 0 Å². The Kier molecular flexibility index (Phi) is 6.31. The lowest BCUT2D eigenvalue weighted by atomic mass is 9.92. The molecular formula is C23H28N6O3S. The number of nitrogens with zero attached hydrogens (tertiary/aromatic N) is 6. The summed E-state index contributed by atoms with van der Waals surface area (Å²) >= 11 is -1.09. The lowest BCUT2D eigenvalue weighted by Gasteiger charge is -2.31. The fraction of sp³-hybridized carbons (Fsp3) is 0.522. The first-order valence-corrected chi connectivity index (χ1v) is 12.8. The fourth-order valence-electron chi connectivity index (χ4n) is 4.56. The van der Waals surface area contributed by atoms with E-state index in [0.717, 1.165) is 47.8 Å². The molecule has 0 aliphatic carbocycles. The van der Waals surface area contributed by atoms with Crippen molar-refractivity contribution in [2.75, 3.05) is 30.3 Å². The highest BCUT2D eigenvalue weighted by atomic mass is 32.2. The van der Waals surface area contributed by atoms with Gasteiger partial charge in [-0.25, -0.2) is 9.97 Å². The largest absolute Gasteiger partial charge is 0.611 e. The standard InChI is InChI=1S/C23H28N6O3S/c1-14(2)17(13-30)19-20-18(7-12-33(20)31)25-23(26-19)29-10-5-16(6-11-29)22-27-21(28-32-22)15-3-8-24-9-4-15/h3-4,8-9,14,16-17,30H,5-7,10-13H2,1-2H3/t17-,33?/m1/s1. The Bertz CT molecular complexity index is 1100. The van der Waals surface area contributed by atoms with Crippen LogP contribution in [0.15, 0.2) is 33.9 Å². The summed E-state index contributed by atoms with van der Waals surface area (Å²) in [6.45, 7) is 5.64. The second kappa shape index (κ2) is 9.36. The molecule has 5 heterocycles. The highest BCUT2D eigenvalue weighted by Crippen LogP contribution is 2.37. The van der Waals surface area contributed by atoms with E-state index < -0.39 is 11.2 Å². The molecule has 0 aromatic carbocycles. The highest BCUT2D eigenvalue weighted by molar-refractivity contribution is 7.91. The van der Waals surface area contributed by atoms with Gasteiger partial charge < -0.3 is 19.1 Å². The molecule has 9 nitrogen and oxygen atoms in total. The molecular weight excluding hydrogens is 440 g/mol. The van der Waals surface area contributed by atoms with E-state index in [4.69, 9.17) is 14.5 Å². The van der Waals surface area contributed by atoms with Crippen LogP contribution < -0.4 is 4.90 Å². The molecule has 10 heteroatoms. The maximum absolute atomic E-state index is 12.6. The Hall–Kier alpha value is -2.56. The van der Waals surface area contributed by atoms with Crippen LogP contribution in [-0.4, -0.2) is 60.2 Å². The number of hydrogen-bond donors (Lipinski definition) is 1. The maximum Gasteiger partial charge on any atom is 0.230 e. The Morgan fingerprint density at radius 1 is 1.18 bits per heavy atom. The van der Waals surface area contributed by atoms with Crippen LogP contribution in [0.2, 0.25) is 0 Å². The molecule has 3 aromatic heterocycles. The summed E-state index contributed by atoms with van der Waals surface area (Å²) in [7, 11) is 0. The summed E-state index contributed by atoms with van der Waals surface area (Å²) in [4.78, 5) is 21.2. The van der Waals surface area contributed by atoms with Crippen molar-refractivity contribution in [2.24, 2.45) is 5.92 Å². The van der Waals surface area contributed by atoms with Gasteiger partial charge in [-0.3, -0.25) is 4.98 Å². The van der Waals surface area contributed by atoms with Crippen LogP contribution in [0.4, 0.5) is 5.95 Å². The Morgan fingerprint density at radius 2 is 1.94 bits per heavy atom. The van der Waals surface area contributed by atoms with Crippen molar-refractivity contribution >= 4 is 17.1 Å². The van der Waals surface area contributed by atoms with E-state index >= 15 is 0 Å². The first-order valence-electron chi connectivity index (χ1n) is 11.4. The van der Waals surface area contributed by atoms with Crippen molar-refractivity contribution < 1.29 is 14.2 Å². The van der Waals surface area contributed by atoms with Gasteiger partial charge in [-0.1, -0.05) is 19.0 Å². The average Bonchev–Trinajstić information content (AvgIpc) is 3.47. The zero-order valence-corrected chi connectivity index (χ0v) is 19.7. The van der Waals surface area contributed by atoms with E-state index in [2.05, 4.69) is 33.9 Å². The van der Waals surface area contributed by atoms with Crippen LogP contribution in [0.25, 0.3) is 11.4 Å². The van der Waals surface area contributed by atoms with Gasteiger partial charge in [0.25, 0.3) is 0 Å². The summed E-state index contributed by atoms with van der Waals surface area (Å²) in [5.41, 5.74) is 2.51. The maximum atomic E-state index is 12.6. The number of aromatic nitrogens is 5. The molecule has 0 radical (unpaired) electrons. The van der Waals surface area contributed by atoms with Gasteiger partial charge >= 0.3 is 0 Å². The Labute approximate surface area is 195 Å². The molecule has 2 aliphatic rings. The molecule has 33 heavy (non-hydrogen) atoms. The van der Waals surface area contributed by atoms with Crippen LogP contribution in [0, 0.1) is 5.92 Å². The number of fused-ring (bicyclic) bond motifs is 1. The summed E-state index contributed by atoms with van der Waals surface area (Å²) in [5.74, 6) is 2.72. The monoisotopic (exact) mass is 468 g/mol. The van der Waals surface area contributed by atoms with Gasteiger partial charge in [0.1, 0.15) is 17.1 Å². The topological polar surface area (TPSA) is 124 Å². The number of piperidine rings is 1. The third-order valence-corrected chi connectivity index (χ3v) is 8.04. The first kappa shape index (κ1) is 22.2. The van der Waals surface area contributed by atoms with E-state index in [1.807, 2.05) is 12.1 Å². The van der Waals surface area contributed by atoms with Crippen LogP contribution in [0.5, 0.6) is 0 Å². The molecule has 0 bridgehead atoms. The second-order valence-electron chi connectivity index (χ2n) is 8.97. The highest BCUT2D eigenvalue weighted by Gasteiger charge is 2.37. The van der Waals surface area contributed by atoms with E-state index in [1.165, 1.54) is 0 Å². The summed E-state index contributed by atoms with van der Waals surface area (Å²) in [6.07, 6.45) is 5.83. The number of aryl methyl sites for hydroxylation is 1. The molecule has 5 rings (SSSR count). The second-order valence-corrected chi connectivity index (χ2v) is 10.5. The quantitative estimate of drug-likeness (QED) is 0.544. The lowest BCUT2D eigenvalue weighted by Crippen LogP contribution is -2.35. The first-order chi connectivity index (χ1) is 16.0. The normalized spacial score (nSPS) is 19.8. The number of pyridine rings is 1. The van der Waals surface area contributed by atoms with E-state index in [1.54, 1.807) is 12.4 Å². The van der Waals surface area contributed by atoms with Crippen LogP contribution in [0.1, 0.15) is 55.8 Å². The summed E-state index contributed by atoms with van der Waals surface area (Å²) in [6, 6.07) is 3.73. The minimum Gasteiger partial charge on any atom is -0.611 e. The number of aliphatic hydroxyl groups excluding tert-OH is 1. The molecule has 0 amide bonds. The molecule has 2 aliphatic heterocycles. The van der Waals surface area contributed by atoms with Crippen molar-refractivity contribution in [3.63, 3.8) is 0 Å². The molecule has 2 atom stereocenters. The zero-order chi connectivity index (χ0) is 22.9. The Morgan fingerprint density at radius 3 is 2.64 bits per heavy atom. The van der Waals surface area contributed by atoms with E-state index in [9.17, 15) is 9.66 Å². The molecule has 0 spiro atoms. The predicted octanol–water partition coefficient (Wildman–Crippen LogP) is 2.70. The van der Waals surface area contributed by atoms with Gasteiger partial charge in [-0.2, -0.15) is 4.98 Å². The number of aliphatic hydroxyl groups is 1. The fourth-order valence-corrected chi connectivity index (χ4v) is 5.99. The number of hydrogen-bond acceptors (Lipinski definition) is 9. The molecule has 1 saturated heterocycles. The van der Waals surface area contributed by atoms with Crippen molar-refractivity contribution in [3.8, 4) is 11.4 Å². The van der Waals surface area contributed by atoms with Gasteiger partial charge in [-0.05, 0) is 42.1 Å². The SMILES string of the molecule is CC(C)[C@@H](CO)c1nc(N2CCC(c3nc(-c4ccncc4)no3)CC2)nc2c1[S+]([O-])CC2. The Balaban J connectivity index is 1.34. The third-order valence-electron chi connectivity index (χ3n) is 6.56.